The molecule has 7 nitrogen and oxygen atoms in total. The zero-order valence-corrected chi connectivity index (χ0v) is 20.2. The van der Waals surface area contributed by atoms with E-state index in [0.29, 0.717) is 24.4 Å². The summed E-state index contributed by atoms with van der Waals surface area (Å²) in [7, 11) is 0. The molecule has 0 atom stereocenters. The summed E-state index contributed by atoms with van der Waals surface area (Å²) >= 11 is 0. The number of benzene rings is 2. The molecule has 0 aromatic heterocycles. The molecule has 0 spiro atoms. The monoisotopic (exact) mass is 463 g/mol. The maximum atomic E-state index is 13.5. The Kier molecular flexibility index (Phi) is 7.65. The lowest BCUT2D eigenvalue weighted by Crippen LogP contribution is -2.39. The van der Waals surface area contributed by atoms with Crippen LogP contribution in [0.4, 0.5) is 5.69 Å². The van der Waals surface area contributed by atoms with E-state index < -0.39 is 0 Å². The SMILES string of the molecule is CCOc1ccc(NC2=C(c3ccc(C)c(C)c3)C(=O)N(CCCN3CCOCC3)C2=O)cc1. The molecule has 4 rings (SSSR count). The molecule has 2 aliphatic rings. The number of ether oxygens (including phenoxy) is 2. The van der Waals surface area contributed by atoms with Crippen LogP contribution in [0.5, 0.6) is 5.75 Å². The van der Waals surface area contributed by atoms with Gasteiger partial charge < -0.3 is 14.8 Å². The van der Waals surface area contributed by atoms with Gasteiger partial charge in [0.1, 0.15) is 11.4 Å². The lowest BCUT2D eigenvalue weighted by Gasteiger charge is -2.27. The minimum absolute atomic E-state index is 0.247. The standard InChI is InChI=1S/C27H33N3O4/c1-4-34-23-10-8-22(9-11-23)28-25-24(21-7-6-19(2)20(3)18-21)26(31)30(27(25)32)13-5-12-29-14-16-33-17-15-29/h6-11,18,28H,4-5,12-17H2,1-3H3. The van der Waals surface area contributed by atoms with Crippen molar-refractivity contribution in [1.29, 1.82) is 0 Å². The first-order valence-corrected chi connectivity index (χ1v) is 12.0. The van der Waals surface area contributed by atoms with E-state index in [1.165, 1.54) is 4.90 Å². The zero-order valence-electron chi connectivity index (χ0n) is 20.2. The van der Waals surface area contributed by atoms with Crippen molar-refractivity contribution in [3.63, 3.8) is 0 Å². The van der Waals surface area contributed by atoms with Gasteiger partial charge in [-0.3, -0.25) is 19.4 Å². The molecular weight excluding hydrogens is 430 g/mol. The molecule has 0 bridgehead atoms. The van der Waals surface area contributed by atoms with Gasteiger partial charge in [0.25, 0.3) is 11.8 Å². The number of amides is 2. The summed E-state index contributed by atoms with van der Waals surface area (Å²) in [5.74, 6) is 0.229. The predicted octanol–water partition coefficient (Wildman–Crippen LogP) is 3.62. The molecule has 1 saturated heterocycles. The number of imide groups is 1. The number of aryl methyl sites for hydroxylation is 2. The van der Waals surface area contributed by atoms with Gasteiger partial charge in [0.05, 0.1) is 25.4 Å². The number of morpholine rings is 1. The first-order chi connectivity index (χ1) is 16.5. The smallest absolute Gasteiger partial charge is 0.278 e. The van der Waals surface area contributed by atoms with Gasteiger partial charge in [-0.15, -0.1) is 0 Å². The molecule has 2 aromatic carbocycles. The van der Waals surface area contributed by atoms with Crippen LogP contribution in [0.1, 0.15) is 30.0 Å². The van der Waals surface area contributed by atoms with Crippen LogP contribution in [0.2, 0.25) is 0 Å². The summed E-state index contributed by atoms with van der Waals surface area (Å²) < 4.78 is 10.9. The van der Waals surface area contributed by atoms with Gasteiger partial charge in [-0.05, 0) is 68.1 Å². The second-order valence-corrected chi connectivity index (χ2v) is 8.70. The third-order valence-corrected chi connectivity index (χ3v) is 6.36. The van der Waals surface area contributed by atoms with E-state index in [-0.39, 0.29) is 11.8 Å². The van der Waals surface area contributed by atoms with Crippen LogP contribution in [0.25, 0.3) is 5.57 Å². The number of hydrogen-bond acceptors (Lipinski definition) is 6. The van der Waals surface area contributed by atoms with Crippen LogP contribution in [-0.4, -0.2) is 67.6 Å². The Morgan fingerprint density at radius 1 is 0.941 bits per heavy atom. The molecule has 0 saturated carbocycles. The number of hydrogen-bond donors (Lipinski definition) is 1. The predicted molar refractivity (Wildman–Crippen MR) is 133 cm³/mol. The van der Waals surface area contributed by atoms with Crippen LogP contribution in [0, 0.1) is 13.8 Å². The Labute approximate surface area is 201 Å². The second-order valence-electron chi connectivity index (χ2n) is 8.70. The first-order valence-electron chi connectivity index (χ1n) is 12.0. The number of carbonyl (C=O) groups excluding carboxylic acids is 2. The molecule has 2 aliphatic heterocycles. The molecule has 0 unspecified atom stereocenters. The van der Waals surface area contributed by atoms with Gasteiger partial charge in [-0.1, -0.05) is 18.2 Å². The van der Waals surface area contributed by atoms with Crippen molar-refractivity contribution in [3.05, 3.63) is 64.9 Å². The van der Waals surface area contributed by atoms with Crippen molar-refractivity contribution in [1.82, 2.24) is 9.80 Å². The fourth-order valence-corrected chi connectivity index (χ4v) is 4.28. The Morgan fingerprint density at radius 2 is 1.68 bits per heavy atom. The minimum Gasteiger partial charge on any atom is -0.494 e. The lowest BCUT2D eigenvalue weighted by molar-refractivity contribution is -0.136. The van der Waals surface area contributed by atoms with Gasteiger partial charge in [-0.2, -0.15) is 0 Å². The number of carbonyl (C=O) groups is 2. The minimum atomic E-state index is -0.283. The molecular formula is C27H33N3O4. The van der Waals surface area contributed by atoms with E-state index in [4.69, 9.17) is 9.47 Å². The molecule has 1 N–H and O–H groups in total. The number of rotatable bonds is 9. The topological polar surface area (TPSA) is 71.1 Å². The van der Waals surface area contributed by atoms with Crippen molar-refractivity contribution >= 4 is 23.1 Å². The molecule has 2 heterocycles. The van der Waals surface area contributed by atoms with E-state index in [2.05, 4.69) is 10.2 Å². The maximum absolute atomic E-state index is 13.5. The van der Waals surface area contributed by atoms with E-state index >= 15 is 0 Å². The maximum Gasteiger partial charge on any atom is 0.278 e. The number of nitrogens with one attached hydrogen (secondary N) is 1. The summed E-state index contributed by atoms with van der Waals surface area (Å²) in [6.45, 7) is 11.0. The third kappa shape index (κ3) is 5.32. The highest BCUT2D eigenvalue weighted by molar-refractivity contribution is 6.36. The van der Waals surface area contributed by atoms with Gasteiger partial charge in [0.2, 0.25) is 0 Å². The zero-order chi connectivity index (χ0) is 24.1. The highest BCUT2D eigenvalue weighted by Gasteiger charge is 2.39. The average Bonchev–Trinajstić information content (AvgIpc) is 3.07. The molecule has 180 valence electrons. The third-order valence-electron chi connectivity index (χ3n) is 6.36. The van der Waals surface area contributed by atoms with Crippen LogP contribution < -0.4 is 10.1 Å². The lowest BCUT2D eigenvalue weighted by atomic mass is 9.99. The fraction of sp³-hybridized carbons (Fsp3) is 0.407. The van der Waals surface area contributed by atoms with Crippen LogP contribution in [-0.2, 0) is 14.3 Å². The quantitative estimate of drug-likeness (QED) is 0.573. The molecule has 34 heavy (non-hydrogen) atoms. The van der Waals surface area contributed by atoms with Crippen molar-refractivity contribution in [2.75, 3.05) is 51.3 Å². The summed E-state index contributed by atoms with van der Waals surface area (Å²) in [6.07, 6.45) is 0.730. The van der Waals surface area contributed by atoms with Crippen LogP contribution in [0.15, 0.2) is 48.2 Å². The van der Waals surface area contributed by atoms with Gasteiger partial charge in [-0.25, -0.2) is 0 Å². The molecule has 1 fully saturated rings. The van der Waals surface area contributed by atoms with Gasteiger partial charge in [0.15, 0.2) is 0 Å². The molecule has 7 heteroatoms. The summed E-state index contributed by atoms with van der Waals surface area (Å²) in [4.78, 5) is 30.6. The largest absolute Gasteiger partial charge is 0.494 e. The highest BCUT2D eigenvalue weighted by Crippen LogP contribution is 2.32. The first kappa shape index (κ1) is 24.0. The molecule has 0 radical (unpaired) electrons. The molecule has 2 amide bonds. The van der Waals surface area contributed by atoms with Crippen molar-refractivity contribution in [2.24, 2.45) is 0 Å². The molecule has 2 aromatic rings. The Bertz CT molecular complexity index is 1070. The van der Waals surface area contributed by atoms with Crippen molar-refractivity contribution < 1.29 is 19.1 Å². The Hall–Kier alpha value is -3.16. The summed E-state index contributed by atoms with van der Waals surface area (Å²) in [5, 5.41) is 3.23. The molecule has 0 aliphatic carbocycles. The Morgan fingerprint density at radius 3 is 2.35 bits per heavy atom. The summed E-state index contributed by atoms with van der Waals surface area (Å²) in [6, 6.07) is 13.3. The van der Waals surface area contributed by atoms with Crippen molar-refractivity contribution in [3.8, 4) is 5.75 Å². The van der Waals surface area contributed by atoms with E-state index in [0.717, 1.165) is 67.4 Å². The van der Waals surface area contributed by atoms with Crippen LogP contribution in [0.3, 0.4) is 0 Å². The number of anilines is 1. The van der Waals surface area contributed by atoms with E-state index in [1.54, 1.807) is 0 Å². The van der Waals surface area contributed by atoms with E-state index in [1.807, 2.05) is 63.2 Å². The van der Waals surface area contributed by atoms with E-state index in [9.17, 15) is 9.59 Å². The van der Waals surface area contributed by atoms with Crippen molar-refractivity contribution in [2.45, 2.75) is 27.2 Å². The van der Waals surface area contributed by atoms with Crippen LogP contribution >= 0.6 is 0 Å². The van der Waals surface area contributed by atoms with Gasteiger partial charge >= 0.3 is 0 Å². The fourth-order valence-electron chi connectivity index (χ4n) is 4.28. The highest BCUT2D eigenvalue weighted by atomic mass is 16.5. The number of nitrogens with zero attached hydrogens (tertiary/aromatic N) is 2. The summed E-state index contributed by atoms with van der Waals surface area (Å²) in [5.41, 5.74) is 4.46. The average molecular weight is 464 g/mol. The van der Waals surface area contributed by atoms with Gasteiger partial charge in [0, 0.05) is 31.9 Å². The Balaban J connectivity index is 1.57. The normalized spacial score (nSPS) is 17.0. The second kappa shape index (κ2) is 10.8.